The van der Waals surface area contributed by atoms with Crippen LogP contribution in [0, 0.1) is 6.92 Å². The van der Waals surface area contributed by atoms with Crippen LogP contribution in [0.25, 0.3) is 11.3 Å². The molecule has 1 aliphatic carbocycles. The average Bonchev–Trinajstić information content (AvgIpc) is 3.02. The van der Waals surface area contributed by atoms with Gasteiger partial charge >= 0.3 is 0 Å². The number of aromatic nitrogens is 3. The Morgan fingerprint density at radius 1 is 1.07 bits per heavy atom. The Labute approximate surface area is 163 Å². The van der Waals surface area contributed by atoms with Crippen LogP contribution in [-0.2, 0) is 12.8 Å². The predicted molar refractivity (Wildman–Crippen MR) is 111 cm³/mol. The van der Waals surface area contributed by atoms with Crippen molar-refractivity contribution < 1.29 is 0 Å². The molecule has 2 N–H and O–H groups in total. The van der Waals surface area contributed by atoms with Crippen molar-refractivity contribution in [2.75, 3.05) is 17.7 Å². The summed E-state index contributed by atoms with van der Waals surface area (Å²) in [6.45, 7) is 6.02. The molecule has 1 aromatic carbocycles. The molecule has 0 saturated carbocycles. The van der Waals surface area contributed by atoms with Gasteiger partial charge in [-0.15, -0.1) is 0 Å². The van der Waals surface area contributed by atoms with Crippen LogP contribution >= 0.6 is 11.6 Å². The van der Waals surface area contributed by atoms with E-state index in [1.807, 2.05) is 44.4 Å². The highest BCUT2D eigenvalue weighted by molar-refractivity contribution is 6.33. The van der Waals surface area contributed by atoms with Crippen LogP contribution in [0.2, 0.25) is 5.02 Å². The first-order valence-corrected chi connectivity index (χ1v) is 9.14. The molecule has 1 aliphatic rings. The summed E-state index contributed by atoms with van der Waals surface area (Å²) in [5.74, 6) is 1.30. The Morgan fingerprint density at radius 3 is 2.70 bits per heavy atom. The lowest BCUT2D eigenvalue weighted by atomic mass is 10.1. The molecule has 4 rings (SSSR count). The summed E-state index contributed by atoms with van der Waals surface area (Å²) in [5.41, 5.74) is 7.23. The number of benzene rings is 1. The van der Waals surface area contributed by atoms with E-state index in [0.29, 0.717) is 11.0 Å². The molecule has 0 atom stereocenters. The van der Waals surface area contributed by atoms with E-state index >= 15 is 0 Å². The first-order valence-electron chi connectivity index (χ1n) is 8.76. The minimum Gasteiger partial charge on any atom is -0.373 e. The summed E-state index contributed by atoms with van der Waals surface area (Å²) in [6, 6.07) is 9.75. The van der Waals surface area contributed by atoms with Crippen LogP contribution in [-0.4, -0.2) is 22.0 Å². The zero-order valence-corrected chi connectivity index (χ0v) is 16.1. The molecule has 0 saturated heterocycles. The molecule has 0 fully saturated rings. The number of nitrogens with zero attached hydrogens (tertiary/aromatic N) is 3. The molecule has 2 aromatic heterocycles. The summed E-state index contributed by atoms with van der Waals surface area (Å²) in [6.07, 6.45) is 3.75. The number of hydrogen-bond donors (Lipinski definition) is 2. The molecule has 3 aromatic rings. The molecule has 6 heteroatoms. The maximum atomic E-state index is 6.46. The standard InChI is InChI=1S/C21H20ClN5/c1-12-6-14-9-19(24-11-15(14)7-12)17-10-16(4-5-18(17)22)26-21-25-13(2)8-20(23-3)27-21/h4-5,8-11H,1,6-7H2,2-3H3,(H2,23,25,26,27). The second kappa shape index (κ2) is 7.00. The van der Waals surface area contributed by atoms with Gasteiger partial charge < -0.3 is 10.6 Å². The van der Waals surface area contributed by atoms with Gasteiger partial charge in [0.25, 0.3) is 0 Å². The van der Waals surface area contributed by atoms with Crippen molar-refractivity contribution in [2.24, 2.45) is 0 Å². The fourth-order valence-corrected chi connectivity index (χ4v) is 3.49. The molecule has 0 unspecified atom stereocenters. The van der Waals surface area contributed by atoms with Crippen molar-refractivity contribution >= 4 is 29.1 Å². The Morgan fingerprint density at radius 2 is 1.89 bits per heavy atom. The summed E-state index contributed by atoms with van der Waals surface area (Å²) in [4.78, 5) is 13.5. The number of rotatable bonds is 4. The van der Waals surface area contributed by atoms with Gasteiger partial charge in [0.05, 0.1) is 10.7 Å². The molecule has 0 radical (unpaired) electrons. The Kier molecular flexibility index (Phi) is 4.54. The molecular formula is C21H20ClN5. The molecular weight excluding hydrogens is 358 g/mol. The van der Waals surface area contributed by atoms with E-state index in [-0.39, 0.29) is 0 Å². The van der Waals surface area contributed by atoms with Gasteiger partial charge in [-0.05, 0) is 55.2 Å². The predicted octanol–water partition coefficient (Wildman–Crippen LogP) is 4.94. The lowest BCUT2D eigenvalue weighted by Crippen LogP contribution is -2.02. The van der Waals surface area contributed by atoms with Gasteiger partial charge in [-0.3, -0.25) is 4.98 Å². The average molecular weight is 378 g/mol. The van der Waals surface area contributed by atoms with E-state index in [2.05, 4.69) is 38.2 Å². The first-order chi connectivity index (χ1) is 13.0. The topological polar surface area (TPSA) is 62.7 Å². The third-order valence-electron chi connectivity index (χ3n) is 4.57. The van der Waals surface area contributed by atoms with E-state index in [1.165, 1.54) is 16.7 Å². The molecule has 2 heterocycles. The van der Waals surface area contributed by atoms with Crippen molar-refractivity contribution in [1.82, 2.24) is 15.0 Å². The van der Waals surface area contributed by atoms with Gasteiger partial charge in [0.2, 0.25) is 5.95 Å². The van der Waals surface area contributed by atoms with E-state index < -0.39 is 0 Å². The molecule has 0 spiro atoms. The number of pyridine rings is 1. The molecule has 0 bridgehead atoms. The van der Waals surface area contributed by atoms with Crippen LogP contribution in [0.3, 0.4) is 0 Å². The highest BCUT2D eigenvalue weighted by Crippen LogP contribution is 2.33. The van der Waals surface area contributed by atoms with Gasteiger partial charge in [0.1, 0.15) is 5.82 Å². The number of nitrogens with one attached hydrogen (secondary N) is 2. The van der Waals surface area contributed by atoms with Crippen molar-refractivity contribution in [3.05, 3.63) is 70.5 Å². The zero-order chi connectivity index (χ0) is 19.0. The monoisotopic (exact) mass is 377 g/mol. The number of anilines is 3. The third-order valence-corrected chi connectivity index (χ3v) is 4.90. The maximum Gasteiger partial charge on any atom is 0.229 e. The van der Waals surface area contributed by atoms with Gasteiger partial charge in [0.15, 0.2) is 0 Å². The van der Waals surface area contributed by atoms with Crippen LogP contribution in [0.1, 0.15) is 16.8 Å². The van der Waals surface area contributed by atoms with Crippen molar-refractivity contribution in [3.63, 3.8) is 0 Å². The van der Waals surface area contributed by atoms with Gasteiger partial charge in [-0.1, -0.05) is 23.8 Å². The minimum atomic E-state index is 0.533. The van der Waals surface area contributed by atoms with Gasteiger partial charge in [0, 0.05) is 36.3 Å². The van der Waals surface area contributed by atoms with Crippen LogP contribution in [0.15, 0.2) is 48.7 Å². The SMILES string of the molecule is C=C1Cc2cnc(-c3cc(Nc4nc(C)cc(NC)n4)ccc3Cl)cc2C1. The Bertz CT molecular complexity index is 1040. The molecule has 0 aliphatic heterocycles. The molecule has 136 valence electrons. The summed E-state index contributed by atoms with van der Waals surface area (Å²) in [7, 11) is 1.83. The number of aryl methyl sites for hydroxylation is 1. The summed E-state index contributed by atoms with van der Waals surface area (Å²) in [5, 5.41) is 6.95. The minimum absolute atomic E-state index is 0.533. The number of halogens is 1. The zero-order valence-electron chi connectivity index (χ0n) is 15.3. The van der Waals surface area contributed by atoms with E-state index in [4.69, 9.17) is 11.6 Å². The largest absolute Gasteiger partial charge is 0.373 e. The van der Waals surface area contributed by atoms with Gasteiger partial charge in [-0.25, -0.2) is 4.98 Å². The lowest BCUT2D eigenvalue weighted by Gasteiger charge is -2.11. The molecule has 5 nitrogen and oxygen atoms in total. The maximum absolute atomic E-state index is 6.46. The van der Waals surface area contributed by atoms with Crippen LogP contribution < -0.4 is 10.6 Å². The highest BCUT2D eigenvalue weighted by atomic mass is 35.5. The van der Waals surface area contributed by atoms with Crippen molar-refractivity contribution in [1.29, 1.82) is 0 Å². The van der Waals surface area contributed by atoms with Crippen molar-refractivity contribution in [2.45, 2.75) is 19.8 Å². The smallest absolute Gasteiger partial charge is 0.229 e. The number of allylic oxidation sites excluding steroid dienone is 1. The van der Waals surface area contributed by atoms with E-state index in [1.54, 1.807) is 0 Å². The highest BCUT2D eigenvalue weighted by Gasteiger charge is 2.16. The fourth-order valence-electron chi connectivity index (χ4n) is 3.28. The molecule has 0 amide bonds. The van der Waals surface area contributed by atoms with Crippen LogP contribution in [0.5, 0.6) is 0 Å². The fraction of sp³-hybridized carbons (Fsp3) is 0.190. The first kappa shape index (κ1) is 17.5. The number of fused-ring (bicyclic) bond motifs is 1. The Balaban J connectivity index is 1.67. The molecule has 27 heavy (non-hydrogen) atoms. The second-order valence-electron chi connectivity index (χ2n) is 6.73. The summed E-state index contributed by atoms with van der Waals surface area (Å²) < 4.78 is 0. The lowest BCUT2D eigenvalue weighted by molar-refractivity contribution is 1.10. The van der Waals surface area contributed by atoms with E-state index in [9.17, 15) is 0 Å². The second-order valence-corrected chi connectivity index (χ2v) is 7.14. The van der Waals surface area contributed by atoms with E-state index in [0.717, 1.165) is 41.3 Å². The summed E-state index contributed by atoms with van der Waals surface area (Å²) >= 11 is 6.46. The third kappa shape index (κ3) is 3.64. The van der Waals surface area contributed by atoms with Gasteiger partial charge in [-0.2, -0.15) is 4.98 Å². The number of hydrogen-bond acceptors (Lipinski definition) is 5. The normalized spacial score (nSPS) is 12.8. The quantitative estimate of drug-likeness (QED) is 0.630. The Hall–Kier alpha value is -2.92. The van der Waals surface area contributed by atoms with Crippen molar-refractivity contribution in [3.8, 4) is 11.3 Å². The van der Waals surface area contributed by atoms with Crippen LogP contribution in [0.4, 0.5) is 17.5 Å².